The molecular formula is C15H17FN2O2. The van der Waals surface area contributed by atoms with E-state index >= 15 is 0 Å². The minimum absolute atomic E-state index is 0.128. The summed E-state index contributed by atoms with van der Waals surface area (Å²) in [5.41, 5.74) is 2.61. The zero-order chi connectivity index (χ0) is 14.7. The van der Waals surface area contributed by atoms with E-state index in [4.69, 9.17) is 5.11 Å². The Bertz CT molecular complexity index is 656. The van der Waals surface area contributed by atoms with Crippen LogP contribution in [-0.2, 0) is 11.2 Å². The van der Waals surface area contributed by atoms with Gasteiger partial charge in [0.25, 0.3) is 0 Å². The van der Waals surface area contributed by atoms with Crippen LogP contribution in [-0.4, -0.2) is 22.6 Å². The number of rotatable bonds is 5. The number of pyridine rings is 1. The molecule has 0 amide bonds. The van der Waals surface area contributed by atoms with Gasteiger partial charge in [0.15, 0.2) is 0 Å². The molecule has 4 nitrogen and oxygen atoms in total. The molecule has 1 aromatic carbocycles. The number of hydrogen-bond donors (Lipinski definition) is 2. The van der Waals surface area contributed by atoms with Crippen LogP contribution in [0.15, 0.2) is 18.2 Å². The number of carboxylic acids is 1. The first-order chi connectivity index (χ1) is 9.52. The molecule has 1 heterocycles. The molecule has 0 unspecified atom stereocenters. The van der Waals surface area contributed by atoms with Crippen LogP contribution in [0.1, 0.15) is 24.6 Å². The quantitative estimate of drug-likeness (QED) is 0.880. The van der Waals surface area contributed by atoms with E-state index in [2.05, 4.69) is 10.3 Å². The van der Waals surface area contributed by atoms with Crippen molar-refractivity contribution < 1.29 is 14.3 Å². The summed E-state index contributed by atoms with van der Waals surface area (Å²) in [5.74, 6) is -1.28. The molecule has 106 valence electrons. The zero-order valence-corrected chi connectivity index (χ0v) is 11.5. The summed E-state index contributed by atoms with van der Waals surface area (Å²) in [6.07, 6.45) is 0.766. The van der Waals surface area contributed by atoms with E-state index < -0.39 is 5.97 Å². The van der Waals surface area contributed by atoms with Gasteiger partial charge >= 0.3 is 5.97 Å². The van der Waals surface area contributed by atoms with Crippen LogP contribution < -0.4 is 5.32 Å². The molecule has 0 aliphatic heterocycles. The van der Waals surface area contributed by atoms with Crippen molar-refractivity contribution >= 4 is 22.6 Å². The largest absolute Gasteiger partial charge is 0.481 e. The van der Waals surface area contributed by atoms with Gasteiger partial charge in [0, 0.05) is 28.9 Å². The van der Waals surface area contributed by atoms with Gasteiger partial charge in [-0.2, -0.15) is 0 Å². The standard InChI is InChI=1S/C15H17FN2O2/c1-3-6-17-15-11(8-14(19)20)9(2)18-13-5-4-10(16)7-12(13)15/h4-5,7H,3,6,8H2,1-2H3,(H,17,18)(H,19,20). The maximum Gasteiger partial charge on any atom is 0.307 e. The summed E-state index contributed by atoms with van der Waals surface area (Å²) in [4.78, 5) is 15.4. The van der Waals surface area contributed by atoms with Gasteiger partial charge in [0.1, 0.15) is 5.82 Å². The number of hydrogen-bond acceptors (Lipinski definition) is 3. The number of anilines is 1. The van der Waals surface area contributed by atoms with Gasteiger partial charge < -0.3 is 10.4 Å². The van der Waals surface area contributed by atoms with Gasteiger partial charge in [-0.05, 0) is 31.5 Å². The molecule has 0 spiro atoms. The molecule has 5 heteroatoms. The first-order valence-corrected chi connectivity index (χ1v) is 6.57. The van der Waals surface area contributed by atoms with Crippen molar-refractivity contribution in [3.05, 3.63) is 35.3 Å². The normalized spacial score (nSPS) is 10.8. The Labute approximate surface area is 116 Å². The van der Waals surface area contributed by atoms with Gasteiger partial charge in [-0.25, -0.2) is 4.39 Å². The SMILES string of the molecule is CCCNc1c(CC(=O)O)c(C)nc2ccc(F)cc12. The number of nitrogens with zero attached hydrogens (tertiary/aromatic N) is 1. The summed E-state index contributed by atoms with van der Waals surface area (Å²) in [7, 11) is 0. The molecule has 0 aliphatic rings. The first-order valence-electron chi connectivity index (χ1n) is 6.57. The zero-order valence-electron chi connectivity index (χ0n) is 11.5. The van der Waals surface area contributed by atoms with Crippen molar-refractivity contribution in [2.75, 3.05) is 11.9 Å². The van der Waals surface area contributed by atoms with E-state index in [1.54, 1.807) is 13.0 Å². The number of carboxylic acid groups (broad SMARTS) is 1. The highest BCUT2D eigenvalue weighted by molar-refractivity contribution is 5.94. The van der Waals surface area contributed by atoms with Crippen LogP contribution in [0.5, 0.6) is 0 Å². The highest BCUT2D eigenvalue weighted by Crippen LogP contribution is 2.29. The van der Waals surface area contributed by atoms with Crippen molar-refractivity contribution in [2.45, 2.75) is 26.7 Å². The number of aryl methyl sites for hydroxylation is 1. The second-order valence-corrected chi connectivity index (χ2v) is 4.71. The van der Waals surface area contributed by atoms with E-state index in [1.807, 2.05) is 6.92 Å². The molecule has 0 bridgehead atoms. The van der Waals surface area contributed by atoms with E-state index in [0.717, 1.165) is 6.42 Å². The predicted octanol–water partition coefficient (Wildman–Crippen LogP) is 3.13. The number of aliphatic carboxylic acids is 1. The van der Waals surface area contributed by atoms with E-state index in [1.165, 1.54) is 12.1 Å². The fourth-order valence-corrected chi connectivity index (χ4v) is 2.22. The maximum absolute atomic E-state index is 13.5. The lowest BCUT2D eigenvalue weighted by molar-refractivity contribution is -0.136. The molecule has 0 radical (unpaired) electrons. The topological polar surface area (TPSA) is 62.2 Å². The van der Waals surface area contributed by atoms with Gasteiger partial charge in [0.05, 0.1) is 11.9 Å². The summed E-state index contributed by atoms with van der Waals surface area (Å²) in [6.45, 7) is 4.49. The predicted molar refractivity (Wildman–Crippen MR) is 76.6 cm³/mol. The molecule has 20 heavy (non-hydrogen) atoms. The Morgan fingerprint density at radius 3 is 2.85 bits per heavy atom. The Morgan fingerprint density at radius 1 is 1.45 bits per heavy atom. The van der Waals surface area contributed by atoms with Crippen LogP contribution >= 0.6 is 0 Å². The summed E-state index contributed by atoms with van der Waals surface area (Å²) in [5, 5.41) is 12.9. The highest BCUT2D eigenvalue weighted by atomic mass is 19.1. The summed E-state index contributed by atoms with van der Waals surface area (Å²) in [6, 6.07) is 4.36. The van der Waals surface area contributed by atoms with Crippen molar-refractivity contribution in [3.63, 3.8) is 0 Å². The molecular weight excluding hydrogens is 259 g/mol. The van der Waals surface area contributed by atoms with Crippen LogP contribution in [0, 0.1) is 12.7 Å². The first kappa shape index (κ1) is 14.2. The summed E-state index contributed by atoms with van der Waals surface area (Å²) >= 11 is 0. The van der Waals surface area contributed by atoms with Gasteiger partial charge in [-0.15, -0.1) is 0 Å². The second-order valence-electron chi connectivity index (χ2n) is 4.71. The van der Waals surface area contributed by atoms with E-state index in [0.29, 0.717) is 34.4 Å². The minimum Gasteiger partial charge on any atom is -0.481 e. The lowest BCUT2D eigenvalue weighted by Gasteiger charge is -2.16. The number of fused-ring (bicyclic) bond motifs is 1. The molecule has 2 rings (SSSR count). The molecule has 2 N–H and O–H groups in total. The third-order valence-electron chi connectivity index (χ3n) is 3.13. The number of carbonyl (C=O) groups is 1. The third kappa shape index (κ3) is 2.87. The van der Waals surface area contributed by atoms with Crippen LogP contribution in [0.25, 0.3) is 10.9 Å². The fourth-order valence-electron chi connectivity index (χ4n) is 2.22. The Morgan fingerprint density at radius 2 is 2.20 bits per heavy atom. The number of benzene rings is 1. The third-order valence-corrected chi connectivity index (χ3v) is 3.13. The maximum atomic E-state index is 13.5. The molecule has 2 aromatic rings. The van der Waals surface area contributed by atoms with Crippen molar-refractivity contribution in [3.8, 4) is 0 Å². The Balaban J connectivity index is 2.67. The lowest BCUT2D eigenvalue weighted by Crippen LogP contribution is -2.10. The van der Waals surface area contributed by atoms with Crippen molar-refractivity contribution in [1.29, 1.82) is 0 Å². The number of nitrogens with one attached hydrogen (secondary N) is 1. The molecule has 0 fully saturated rings. The summed E-state index contributed by atoms with van der Waals surface area (Å²) < 4.78 is 13.5. The van der Waals surface area contributed by atoms with Crippen LogP contribution in [0.2, 0.25) is 0 Å². The van der Waals surface area contributed by atoms with Gasteiger partial charge in [-0.3, -0.25) is 9.78 Å². The second kappa shape index (κ2) is 5.86. The van der Waals surface area contributed by atoms with E-state index in [-0.39, 0.29) is 12.2 Å². The van der Waals surface area contributed by atoms with Crippen LogP contribution in [0.3, 0.4) is 0 Å². The smallest absolute Gasteiger partial charge is 0.307 e. The Hall–Kier alpha value is -2.17. The Kier molecular flexibility index (Phi) is 4.17. The molecule has 0 atom stereocenters. The molecule has 0 saturated heterocycles. The molecule has 0 aliphatic carbocycles. The van der Waals surface area contributed by atoms with Crippen molar-refractivity contribution in [1.82, 2.24) is 4.98 Å². The lowest BCUT2D eigenvalue weighted by atomic mass is 10.0. The average molecular weight is 276 g/mol. The van der Waals surface area contributed by atoms with Gasteiger partial charge in [-0.1, -0.05) is 6.92 Å². The minimum atomic E-state index is -0.926. The fraction of sp³-hybridized carbons (Fsp3) is 0.333. The molecule has 0 saturated carbocycles. The highest BCUT2D eigenvalue weighted by Gasteiger charge is 2.15. The van der Waals surface area contributed by atoms with Crippen molar-refractivity contribution in [2.24, 2.45) is 0 Å². The van der Waals surface area contributed by atoms with E-state index in [9.17, 15) is 9.18 Å². The van der Waals surface area contributed by atoms with Crippen LogP contribution in [0.4, 0.5) is 10.1 Å². The van der Waals surface area contributed by atoms with Gasteiger partial charge in [0.2, 0.25) is 0 Å². The number of halogens is 1. The monoisotopic (exact) mass is 276 g/mol. The molecule has 1 aromatic heterocycles. The number of aromatic nitrogens is 1. The average Bonchev–Trinajstić information content (AvgIpc) is 2.39.